The van der Waals surface area contributed by atoms with Crippen LogP contribution in [0, 0.1) is 3.57 Å². The van der Waals surface area contributed by atoms with Crippen molar-refractivity contribution in [3.8, 4) is 11.3 Å². The molecular formula is C12H10ClIN4. The van der Waals surface area contributed by atoms with Gasteiger partial charge in [-0.3, -0.25) is 0 Å². The number of nitrogen functional groups attached to an aromatic ring is 1. The lowest BCUT2D eigenvalue weighted by molar-refractivity contribution is 1.19. The SMILES string of the molecule is Cl.Nc1nccc(-c2c[nH]c3ccc(I)cc23)n1. The minimum absolute atomic E-state index is 0. The number of nitrogens with one attached hydrogen (secondary N) is 1. The number of hydrogen-bond acceptors (Lipinski definition) is 3. The van der Waals surface area contributed by atoms with Gasteiger partial charge in [0.1, 0.15) is 0 Å². The Morgan fingerprint density at radius 3 is 2.83 bits per heavy atom. The lowest BCUT2D eigenvalue weighted by Gasteiger charge is -1.99. The molecule has 0 spiro atoms. The molecule has 92 valence electrons. The summed E-state index contributed by atoms with van der Waals surface area (Å²) >= 11 is 2.30. The van der Waals surface area contributed by atoms with Crippen LogP contribution in [0.1, 0.15) is 0 Å². The van der Waals surface area contributed by atoms with Crippen molar-refractivity contribution < 1.29 is 0 Å². The summed E-state index contributed by atoms with van der Waals surface area (Å²) in [7, 11) is 0. The van der Waals surface area contributed by atoms with Crippen LogP contribution >= 0.6 is 35.0 Å². The number of aromatic amines is 1. The van der Waals surface area contributed by atoms with E-state index in [4.69, 9.17) is 5.73 Å². The summed E-state index contributed by atoms with van der Waals surface area (Å²) in [5.74, 6) is 0.294. The Hall–Kier alpha value is -1.34. The number of fused-ring (bicyclic) bond motifs is 1. The highest BCUT2D eigenvalue weighted by molar-refractivity contribution is 14.1. The molecule has 0 unspecified atom stereocenters. The van der Waals surface area contributed by atoms with Crippen LogP contribution in [0.5, 0.6) is 0 Å². The van der Waals surface area contributed by atoms with E-state index in [1.54, 1.807) is 6.20 Å². The number of aromatic nitrogens is 3. The van der Waals surface area contributed by atoms with Gasteiger partial charge in [-0.05, 0) is 46.9 Å². The molecule has 0 saturated heterocycles. The van der Waals surface area contributed by atoms with Crippen LogP contribution in [-0.4, -0.2) is 15.0 Å². The van der Waals surface area contributed by atoms with Crippen LogP contribution in [0.25, 0.3) is 22.2 Å². The molecule has 0 saturated carbocycles. The Labute approximate surface area is 124 Å². The summed E-state index contributed by atoms with van der Waals surface area (Å²) in [6.45, 7) is 0. The quantitative estimate of drug-likeness (QED) is 0.645. The highest BCUT2D eigenvalue weighted by atomic mass is 127. The molecule has 6 heteroatoms. The summed E-state index contributed by atoms with van der Waals surface area (Å²) < 4.78 is 1.19. The number of H-pyrrole nitrogens is 1. The fourth-order valence-electron chi connectivity index (χ4n) is 1.83. The molecule has 1 aromatic carbocycles. The van der Waals surface area contributed by atoms with Crippen LogP contribution in [0.4, 0.5) is 5.95 Å². The van der Waals surface area contributed by atoms with Crippen LogP contribution in [-0.2, 0) is 0 Å². The summed E-state index contributed by atoms with van der Waals surface area (Å²) in [6.07, 6.45) is 3.62. The first-order valence-corrected chi connectivity index (χ1v) is 6.17. The summed E-state index contributed by atoms with van der Waals surface area (Å²) in [4.78, 5) is 11.4. The molecule has 4 nitrogen and oxygen atoms in total. The predicted octanol–water partition coefficient (Wildman–Crippen LogP) is 3.23. The van der Waals surface area contributed by atoms with Gasteiger partial charge in [0.05, 0.1) is 5.69 Å². The molecule has 0 radical (unpaired) electrons. The van der Waals surface area contributed by atoms with E-state index in [1.807, 2.05) is 12.3 Å². The number of benzene rings is 1. The topological polar surface area (TPSA) is 67.6 Å². The molecule has 0 fully saturated rings. The van der Waals surface area contributed by atoms with Crippen molar-refractivity contribution in [3.05, 3.63) is 40.2 Å². The fraction of sp³-hybridized carbons (Fsp3) is 0. The van der Waals surface area contributed by atoms with Crippen molar-refractivity contribution in [1.82, 2.24) is 15.0 Å². The summed E-state index contributed by atoms with van der Waals surface area (Å²) in [5.41, 5.74) is 8.59. The first-order valence-electron chi connectivity index (χ1n) is 5.09. The van der Waals surface area contributed by atoms with E-state index in [9.17, 15) is 0 Å². The maximum absolute atomic E-state index is 5.60. The van der Waals surface area contributed by atoms with E-state index < -0.39 is 0 Å². The van der Waals surface area contributed by atoms with Crippen LogP contribution < -0.4 is 5.73 Å². The highest BCUT2D eigenvalue weighted by Gasteiger charge is 2.08. The van der Waals surface area contributed by atoms with E-state index >= 15 is 0 Å². The number of anilines is 1. The molecule has 0 aliphatic heterocycles. The van der Waals surface area contributed by atoms with Crippen molar-refractivity contribution >= 4 is 51.8 Å². The average Bonchev–Trinajstić information content (AvgIpc) is 2.71. The molecule has 0 aliphatic carbocycles. The second-order valence-corrected chi connectivity index (χ2v) is 4.94. The Balaban J connectivity index is 0.00000120. The van der Waals surface area contributed by atoms with Crippen LogP contribution in [0.15, 0.2) is 36.7 Å². The molecule has 0 amide bonds. The van der Waals surface area contributed by atoms with Gasteiger partial charge in [0.2, 0.25) is 5.95 Å². The maximum atomic E-state index is 5.60. The number of nitrogens with zero attached hydrogens (tertiary/aromatic N) is 2. The van der Waals surface area contributed by atoms with Gasteiger partial charge in [-0.15, -0.1) is 12.4 Å². The molecule has 3 aromatic rings. The average molecular weight is 373 g/mol. The summed E-state index contributed by atoms with van der Waals surface area (Å²) in [5, 5.41) is 1.15. The molecule has 18 heavy (non-hydrogen) atoms. The first-order chi connectivity index (χ1) is 8.24. The van der Waals surface area contributed by atoms with E-state index in [0.717, 1.165) is 22.2 Å². The van der Waals surface area contributed by atoms with Gasteiger partial charge in [0.15, 0.2) is 0 Å². The van der Waals surface area contributed by atoms with E-state index in [2.05, 4.69) is 55.7 Å². The lowest BCUT2D eigenvalue weighted by Crippen LogP contribution is -1.94. The Morgan fingerprint density at radius 2 is 2.06 bits per heavy atom. The Morgan fingerprint density at radius 1 is 1.22 bits per heavy atom. The van der Waals surface area contributed by atoms with Crippen LogP contribution in [0.2, 0.25) is 0 Å². The maximum Gasteiger partial charge on any atom is 0.220 e. The van der Waals surface area contributed by atoms with Crippen molar-refractivity contribution in [2.75, 3.05) is 5.73 Å². The van der Waals surface area contributed by atoms with Gasteiger partial charge in [-0.2, -0.15) is 0 Å². The Bertz CT molecular complexity index is 695. The normalized spacial score (nSPS) is 10.3. The first kappa shape index (κ1) is 13.1. The zero-order valence-corrected chi connectivity index (χ0v) is 12.2. The van der Waals surface area contributed by atoms with Gasteiger partial charge >= 0.3 is 0 Å². The van der Waals surface area contributed by atoms with Gasteiger partial charge in [0, 0.05) is 32.4 Å². The molecule has 0 atom stereocenters. The molecule has 2 aromatic heterocycles. The second kappa shape index (κ2) is 5.11. The van der Waals surface area contributed by atoms with E-state index in [1.165, 1.54) is 3.57 Å². The van der Waals surface area contributed by atoms with E-state index in [-0.39, 0.29) is 12.4 Å². The monoisotopic (exact) mass is 372 g/mol. The van der Waals surface area contributed by atoms with Crippen molar-refractivity contribution in [2.24, 2.45) is 0 Å². The lowest BCUT2D eigenvalue weighted by atomic mass is 10.1. The third kappa shape index (κ3) is 2.28. The fourth-order valence-corrected chi connectivity index (χ4v) is 2.32. The van der Waals surface area contributed by atoms with Gasteiger partial charge in [-0.1, -0.05) is 0 Å². The number of halogens is 2. The van der Waals surface area contributed by atoms with E-state index in [0.29, 0.717) is 5.95 Å². The third-order valence-corrected chi connectivity index (χ3v) is 3.26. The number of hydrogen-bond donors (Lipinski definition) is 2. The zero-order valence-electron chi connectivity index (χ0n) is 9.22. The van der Waals surface area contributed by atoms with Gasteiger partial charge in [0.25, 0.3) is 0 Å². The van der Waals surface area contributed by atoms with Gasteiger partial charge in [-0.25, -0.2) is 9.97 Å². The largest absolute Gasteiger partial charge is 0.368 e. The third-order valence-electron chi connectivity index (χ3n) is 2.59. The molecule has 0 bridgehead atoms. The second-order valence-electron chi connectivity index (χ2n) is 3.69. The van der Waals surface area contributed by atoms with Gasteiger partial charge < -0.3 is 10.7 Å². The van der Waals surface area contributed by atoms with Crippen molar-refractivity contribution in [1.29, 1.82) is 0 Å². The molecular weight excluding hydrogens is 363 g/mol. The van der Waals surface area contributed by atoms with Crippen LogP contribution in [0.3, 0.4) is 0 Å². The minimum Gasteiger partial charge on any atom is -0.368 e. The molecule has 3 N–H and O–H groups in total. The highest BCUT2D eigenvalue weighted by Crippen LogP contribution is 2.28. The predicted molar refractivity (Wildman–Crippen MR) is 83.7 cm³/mol. The number of nitrogens with two attached hydrogens (primary N) is 1. The molecule has 2 heterocycles. The number of rotatable bonds is 1. The van der Waals surface area contributed by atoms with Crippen molar-refractivity contribution in [2.45, 2.75) is 0 Å². The molecule has 3 rings (SSSR count). The minimum atomic E-state index is 0. The standard InChI is InChI=1S/C12H9IN4.ClH/c13-7-1-2-10-8(5-7)9(6-16-10)11-3-4-15-12(14)17-11;/h1-6,16H,(H2,14,15,17);1H. The Kier molecular flexibility index (Phi) is 3.72. The smallest absolute Gasteiger partial charge is 0.220 e. The van der Waals surface area contributed by atoms with Crippen molar-refractivity contribution in [3.63, 3.8) is 0 Å². The summed E-state index contributed by atoms with van der Waals surface area (Å²) in [6, 6.07) is 8.11. The molecule has 0 aliphatic rings. The zero-order chi connectivity index (χ0) is 11.8.